The van der Waals surface area contributed by atoms with Crippen molar-refractivity contribution in [3.05, 3.63) is 72.3 Å². The summed E-state index contributed by atoms with van der Waals surface area (Å²) in [5.74, 6) is -1.15. The first-order valence-corrected chi connectivity index (χ1v) is 6.05. The Morgan fingerprint density at radius 2 is 1.45 bits per heavy atom. The Morgan fingerprint density at radius 3 is 2.20 bits per heavy atom. The molecule has 0 saturated carbocycles. The third-order valence-corrected chi connectivity index (χ3v) is 3.21. The van der Waals surface area contributed by atoms with Crippen molar-refractivity contribution in [1.82, 2.24) is 0 Å². The molecule has 0 saturated heterocycles. The van der Waals surface area contributed by atoms with Crippen molar-refractivity contribution in [2.45, 2.75) is 0 Å². The quantitative estimate of drug-likeness (QED) is 0.658. The molecule has 0 amide bonds. The molecule has 3 heteroatoms. The summed E-state index contributed by atoms with van der Waals surface area (Å²) >= 11 is 0. The summed E-state index contributed by atoms with van der Waals surface area (Å²) in [7, 11) is 0. The molecule has 0 aromatic heterocycles. The van der Waals surface area contributed by atoms with Crippen LogP contribution in [0.3, 0.4) is 0 Å². The van der Waals surface area contributed by atoms with Gasteiger partial charge in [-0.2, -0.15) is 0 Å². The number of hydrogen-bond acceptors (Lipinski definition) is 2. The SMILES string of the molecule is O=C([O-])c1ccccc1-c1ccc2ccccc2c1.[Br-]. The highest BCUT2D eigenvalue weighted by molar-refractivity contribution is 5.96. The molecule has 0 heterocycles. The average Bonchev–Trinajstić information content (AvgIpc) is 2.46. The summed E-state index contributed by atoms with van der Waals surface area (Å²) in [4.78, 5) is 11.1. The Hall–Kier alpha value is -2.13. The van der Waals surface area contributed by atoms with Crippen LogP contribution in [0.4, 0.5) is 0 Å². The molecular formula is C17H11BrO2-2. The van der Waals surface area contributed by atoms with Gasteiger partial charge in [-0.1, -0.05) is 60.7 Å². The Labute approximate surface area is 127 Å². The lowest BCUT2D eigenvalue weighted by Crippen LogP contribution is -3.00. The van der Waals surface area contributed by atoms with Gasteiger partial charge in [0, 0.05) is 5.56 Å². The molecule has 0 fully saturated rings. The van der Waals surface area contributed by atoms with Gasteiger partial charge in [0.1, 0.15) is 0 Å². The first-order chi connectivity index (χ1) is 9.25. The highest BCUT2D eigenvalue weighted by Crippen LogP contribution is 2.26. The largest absolute Gasteiger partial charge is 1.00 e. The third kappa shape index (κ3) is 2.58. The molecule has 3 aromatic rings. The van der Waals surface area contributed by atoms with Crippen LogP contribution in [0.15, 0.2) is 66.7 Å². The van der Waals surface area contributed by atoms with Crippen LogP contribution in [0.1, 0.15) is 10.4 Å². The molecule has 3 aromatic carbocycles. The summed E-state index contributed by atoms with van der Waals surface area (Å²) in [6.07, 6.45) is 0. The lowest BCUT2D eigenvalue weighted by Gasteiger charge is -2.11. The minimum Gasteiger partial charge on any atom is -1.00 e. The van der Waals surface area contributed by atoms with Gasteiger partial charge in [-0.3, -0.25) is 0 Å². The van der Waals surface area contributed by atoms with Gasteiger partial charge in [-0.25, -0.2) is 0 Å². The van der Waals surface area contributed by atoms with E-state index in [2.05, 4.69) is 0 Å². The molecule has 20 heavy (non-hydrogen) atoms. The van der Waals surface area contributed by atoms with Crippen molar-refractivity contribution >= 4 is 16.7 Å². The highest BCUT2D eigenvalue weighted by atomic mass is 79.9. The maximum atomic E-state index is 11.1. The van der Waals surface area contributed by atoms with Crippen molar-refractivity contribution in [3.63, 3.8) is 0 Å². The minimum absolute atomic E-state index is 0. The van der Waals surface area contributed by atoms with Crippen molar-refractivity contribution in [1.29, 1.82) is 0 Å². The predicted octanol–water partition coefficient (Wildman–Crippen LogP) is -0.126. The number of carbonyl (C=O) groups is 1. The number of hydrogen-bond donors (Lipinski definition) is 0. The van der Waals surface area contributed by atoms with Crippen molar-refractivity contribution in [2.75, 3.05) is 0 Å². The predicted molar refractivity (Wildman–Crippen MR) is 73.7 cm³/mol. The van der Waals surface area contributed by atoms with E-state index in [1.165, 1.54) is 0 Å². The molecule has 0 aliphatic carbocycles. The fourth-order valence-corrected chi connectivity index (χ4v) is 2.27. The molecule has 0 spiro atoms. The Balaban J connectivity index is 0.00000147. The van der Waals surface area contributed by atoms with E-state index in [1.807, 2.05) is 48.5 Å². The van der Waals surface area contributed by atoms with E-state index in [0.29, 0.717) is 5.56 Å². The summed E-state index contributed by atoms with van der Waals surface area (Å²) in [6, 6.07) is 20.8. The number of benzene rings is 3. The van der Waals surface area contributed by atoms with Gasteiger partial charge in [0.05, 0.1) is 5.97 Å². The van der Waals surface area contributed by atoms with Gasteiger partial charge < -0.3 is 26.9 Å². The maximum Gasteiger partial charge on any atom is 0.0721 e. The Bertz CT molecular complexity index is 766. The van der Waals surface area contributed by atoms with Gasteiger partial charge in [-0.05, 0) is 28.0 Å². The molecule has 0 bridgehead atoms. The molecule has 0 atom stereocenters. The molecule has 2 nitrogen and oxygen atoms in total. The summed E-state index contributed by atoms with van der Waals surface area (Å²) in [5, 5.41) is 13.4. The van der Waals surface area contributed by atoms with Crippen LogP contribution < -0.4 is 22.1 Å². The number of rotatable bonds is 2. The molecule has 0 radical (unpaired) electrons. The molecule has 0 N–H and O–H groups in total. The Kier molecular flexibility index (Phi) is 4.20. The van der Waals surface area contributed by atoms with Gasteiger partial charge in [0.2, 0.25) is 0 Å². The second-order valence-electron chi connectivity index (χ2n) is 4.39. The van der Waals surface area contributed by atoms with E-state index >= 15 is 0 Å². The second kappa shape index (κ2) is 5.88. The molecule has 0 unspecified atom stereocenters. The lowest BCUT2D eigenvalue weighted by atomic mass is 9.97. The smallest absolute Gasteiger partial charge is 0.0721 e. The number of carbonyl (C=O) groups excluding carboxylic acids is 1. The van der Waals surface area contributed by atoms with Crippen molar-refractivity contribution in [2.24, 2.45) is 0 Å². The van der Waals surface area contributed by atoms with Gasteiger partial charge in [-0.15, -0.1) is 0 Å². The monoisotopic (exact) mass is 326 g/mol. The first kappa shape index (κ1) is 14.3. The molecule has 0 aliphatic rings. The normalized spacial score (nSPS) is 10.0. The van der Waals surface area contributed by atoms with Gasteiger partial charge >= 0.3 is 0 Å². The van der Waals surface area contributed by atoms with Gasteiger partial charge in [0.15, 0.2) is 0 Å². The fraction of sp³-hybridized carbons (Fsp3) is 0. The molecule has 0 aliphatic heterocycles. The standard InChI is InChI=1S/C17H12O2.BrH/c18-17(19)16-8-4-3-7-15(16)14-10-9-12-5-1-2-6-13(12)11-14;/h1-11H,(H,18,19);1H/p-2. The number of aromatic carboxylic acids is 1. The van der Waals surface area contributed by atoms with Crippen molar-refractivity contribution in [3.8, 4) is 11.1 Å². The van der Waals surface area contributed by atoms with E-state index in [-0.39, 0.29) is 22.5 Å². The highest BCUT2D eigenvalue weighted by Gasteiger charge is 2.05. The average molecular weight is 327 g/mol. The van der Waals surface area contributed by atoms with Gasteiger partial charge in [0.25, 0.3) is 0 Å². The van der Waals surface area contributed by atoms with E-state index < -0.39 is 5.97 Å². The van der Waals surface area contributed by atoms with E-state index in [0.717, 1.165) is 16.3 Å². The van der Waals surface area contributed by atoms with E-state index in [1.54, 1.807) is 18.2 Å². The zero-order valence-corrected chi connectivity index (χ0v) is 12.1. The second-order valence-corrected chi connectivity index (χ2v) is 4.39. The van der Waals surface area contributed by atoms with Crippen LogP contribution in [-0.2, 0) is 0 Å². The van der Waals surface area contributed by atoms with Crippen molar-refractivity contribution < 1.29 is 26.9 Å². The maximum absolute atomic E-state index is 11.1. The van der Waals surface area contributed by atoms with Crippen LogP contribution in [0, 0.1) is 0 Å². The van der Waals surface area contributed by atoms with Crippen LogP contribution in [0.5, 0.6) is 0 Å². The topological polar surface area (TPSA) is 40.1 Å². The van der Waals surface area contributed by atoms with Crippen LogP contribution in [-0.4, -0.2) is 5.97 Å². The lowest BCUT2D eigenvalue weighted by molar-refractivity contribution is -0.254. The van der Waals surface area contributed by atoms with E-state index in [9.17, 15) is 9.90 Å². The number of carboxylic acids is 1. The molecule has 100 valence electrons. The number of halogens is 1. The summed E-state index contributed by atoms with van der Waals surface area (Å²) in [6.45, 7) is 0. The number of carboxylic acid groups (broad SMARTS) is 1. The minimum atomic E-state index is -1.15. The van der Waals surface area contributed by atoms with Crippen LogP contribution in [0.2, 0.25) is 0 Å². The summed E-state index contributed by atoms with van der Waals surface area (Å²) < 4.78 is 0. The molecular weight excluding hydrogens is 316 g/mol. The number of fused-ring (bicyclic) bond motifs is 1. The fourth-order valence-electron chi connectivity index (χ4n) is 2.27. The zero-order valence-electron chi connectivity index (χ0n) is 10.5. The van der Waals surface area contributed by atoms with Crippen LogP contribution in [0.25, 0.3) is 21.9 Å². The van der Waals surface area contributed by atoms with Crippen LogP contribution >= 0.6 is 0 Å². The first-order valence-electron chi connectivity index (χ1n) is 6.05. The summed E-state index contributed by atoms with van der Waals surface area (Å²) in [5.41, 5.74) is 1.80. The third-order valence-electron chi connectivity index (χ3n) is 3.21. The molecule has 3 rings (SSSR count). The Morgan fingerprint density at radius 1 is 0.800 bits per heavy atom. The zero-order chi connectivity index (χ0) is 13.2. The van der Waals surface area contributed by atoms with E-state index in [4.69, 9.17) is 0 Å².